The number of rotatable bonds is 5. The zero-order chi connectivity index (χ0) is 10.5. The lowest BCUT2D eigenvalue weighted by Gasteiger charge is -2.17. The molecule has 5 nitrogen and oxygen atoms in total. The van der Waals surface area contributed by atoms with Crippen LogP contribution >= 0.6 is 15.9 Å². The molecule has 78 valence electrons. The minimum atomic E-state index is -3.33. The van der Waals surface area contributed by atoms with Crippen molar-refractivity contribution in [1.82, 2.24) is 9.62 Å². The highest BCUT2D eigenvalue weighted by atomic mass is 79.9. The highest BCUT2D eigenvalue weighted by Gasteiger charge is 2.20. The number of carbonyl (C=O) groups is 1. The van der Waals surface area contributed by atoms with Gasteiger partial charge < -0.3 is 5.32 Å². The van der Waals surface area contributed by atoms with Crippen LogP contribution in [-0.4, -0.2) is 43.4 Å². The lowest BCUT2D eigenvalue weighted by atomic mass is 10.6. The molecule has 1 amide bonds. The predicted octanol–water partition coefficient (Wildman–Crippen LogP) is -0.263. The summed E-state index contributed by atoms with van der Waals surface area (Å²) < 4.78 is 23.5. The molecule has 0 aromatic carbocycles. The summed E-state index contributed by atoms with van der Waals surface area (Å²) in [5.74, 6) is -0.314. The molecule has 0 unspecified atom stereocenters. The van der Waals surface area contributed by atoms with Crippen LogP contribution < -0.4 is 5.32 Å². The molecule has 0 heterocycles. The van der Waals surface area contributed by atoms with E-state index in [0.29, 0.717) is 6.54 Å². The molecule has 0 rings (SSSR count). The molecule has 0 saturated heterocycles. The average molecular weight is 273 g/mol. The van der Waals surface area contributed by atoms with Gasteiger partial charge in [0.05, 0.1) is 6.54 Å². The number of nitrogens with one attached hydrogen (secondary N) is 1. The smallest absolute Gasteiger partial charge is 0.235 e. The van der Waals surface area contributed by atoms with E-state index < -0.39 is 10.0 Å². The lowest BCUT2D eigenvalue weighted by molar-refractivity contribution is -0.120. The van der Waals surface area contributed by atoms with Gasteiger partial charge in [-0.2, -0.15) is 4.31 Å². The highest BCUT2D eigenvalue weighted by molar-refractivity contribution is 9.10. The fourth-order valence-electron chi connectivity index (χ4n) is 0.715. The molecule has 7 heteroatoms. The first-order valence-electron chi connectivity index (χ1n) is 3.72. The first-order chi connectivity index (χ1) is 5.97. The Morgan fingerprint density at radius 2 is 2.08 bits per heavy atom. The van der Waals surface area contributed by atoms with Gasteiger partial charge in [0.15, 0.2) is 0 Å². The number of carbonyl (C=O) groups excluding carboxylic acids is 1. The highest BCUT2D eigenvalue weighted by Crippen LogP contribution is 2.03. The molecule has 0 aromatic heterocycles. The summed E-state index contributed by atoms with van der Waals surface area (Å²) in [5.41, 5.74) is 0. The molecular weight excluding hydrogens is 260 g/mol. The number of halogens is 1. The summed E-state index contributed by atoms with van der Waals surface area (Å²) in [5, 5.41) is 2.37. The molecule has 0 saturated carbocycles. The van der Waals surface area contributed by atoms with Crippen molar-refractivity contribution < 1.29 is 13.2 Å². The molecular formula is C6H13BrN2O3S. The van der Waals surface area contributed by atoms with E-state index in [-0.39, 0.29) is 17.1 Å². The molecule has 0 radical (unpaired) electrons. The van der Waals surface area contributed by atoms with Gasteiger partial charge in [0, 0.05) is 13.6 Å². The third-order valence-corrected chi connectivity index (χ3v) is 4.67. The SMILES string of the molecule is CCN(CC(=O)NC)S(=O)(=O)CBr. The van der Waals surface area contributed by atoms with Crippen LogP contribution in [0.2, 0.25) is 0 Å². The fourth-order valence-corrected chi connectivity index (χ4v) is 2.43. The Kier molecular flexibility index (Phi) is 5.50. The Morgan fingerprint density at radius 3 is 2.38 bits per heavy atom. The predicted molar refractivity (Wildman–Crippen MR) is 54.0 cm³/mol. The quantitative estimate of drug-likeness (QED) is 0.702. The minimum Gasteiger partial charge on any atom is -0.358 e. The van der Waals surface area contributed by atoms with Crippen LogP contribution in [0, 0.1) is 0 Å². The summed E-state index contributed by atoms with van der Waals surface area (Å²) >= 11 is 2.86. The van der Waals surface area contributed by atoms with Gasteiger partial charge in [-0.1, -0.05) is 22.9 Å². The number of likely N-dealkylation sites (N-methyl/N-ethyl adjacent to an activating group) is 2. The van der Waals surface area contributed by atoms with Crippen molar-refractivity contribution in [3.63, 3.8) is 0 Å². The van der Waals surface area contributed by atoms with E-state index >= 15 is 0 Å². The van der Waals surface area contributed by atoms with Crippen molar-refractivity contribution >= 4 is 31.9 Å². The Labute approximate surface area is 86.7 Å². The van der Waals surface area contributed by atoms with Crippen LogP contribution in [0.1, 0.15) is 6.92 Å². The van der Waals surface area contributed by atoms with E-state index in [2.05, 4.69) is 21.2 Å². The molecule has 0 bridgehead atoms. The van der Waals surface area contributed by atoms with Gasteiger partial charge in [0.2, 0.25) is 15.9 Å². The van der Waals surface area contributed by atoms with Gasteiger partial charge in [-0.05, 0) is 0 Å². The van der Waals surface area contributed by atoms with Crippen molar-refractivity contribution in [2.75, 3.05) is 24.8 Å². The molecule has 0 aliphatic heterocycles. The fraction of sp³-hybridized carbons (Fsp3) is 0.833. The Hall–Kier alpha value is -0.140. The maximum Gasteiger partial charge on any atom is 0.235 e. The standard InChI is InChI=1S/C6H13BrN2O3S/c1-3-9(4-6(10)8-2)13(11,12)5-7/h3-5H2,1-2H3,(H,8,10). The molecule has 0 spiro atoms. The average Bonchev–Trinajstić information content (AvgIpc) is 2.13. The molecule has 1 N–H and O–H groups in total. The van der Waals surface area contributed by atoms with E-state index in [0.717, 1.165) is 4.31 Å². The number of nitrogens with zero attached hydrogens (tertiary/aromatic N) is 1. The first kappa shape index (κ1) is 12.9. The molecule has 0 fully saturated rings. The molecule has 13 heavy (non-hydrogen) atoms. The van der Waals surface area contributed by atoms with E-state index in [1.54, 1.807) is 6.92 Å². The normalized spacial score (nSPS) is 11.7. The summed E-state index contributed by atoms with van der Waals surface area (Å²) in [6.45, 7) is 1.85. The van der Waals surface area contributed by atoms with Crippen LogP contribution in [0.3, 0.4) is 0 Å². The van der Waals surface area contributed by atoms with Gasteiger partial charge in [0.1, 0.15) is 4.66 Å². The largest absolute Gasteiger partial charge is 0.358 e. The third kappa shape index (κ3) is 4.06. The third-order valence-electron chi connectivity index (χ3n) is 1.48. The summed E-state index contributed by atoms with van der Waals surface area (Å²) in [6.07, 6.45) is 0. The zero-order valence-corrected chi connectivity index (χ0v) is 9.98. The lowest BCUT2D eigenvalue weighted by Crippen LogP contribution is -2.39. The second kappa shape index (κ2) is 5.56. The van der Waals surface area contributed by atoms with Gasteiger partial charge in [-0.15, -0.1) is 0 Å². The van der Waals surface area contributed by atoms with Gasteiger partial charge >= 0.3 is 0 Å². The van der Waals surface area contributed by atoms with Gasteiger partial charge in [-0.3, -0.25) is 4.79 Å². The van der Waals surface area contributed by atoms with Crippen LogP contribution in [0.4, 0.5) is 0 Å². The van der Waals surface area contributed by atoms with E-state index in [9.17, 15) is 13.2 Å². The van der Waals surface area contributed by atoms with Crippen molar-refractivity contribution in [3.8, 4) is 0 Å². The zero-order valence-electron chi connectivity index (χ0n) is 7.58. The van der Waals surface area contributed by atoms with Gasteiger partial charge in [0.25, 0.3) is 0 Å². The first-order valence-corrected chi connectivity index (χ1v) is 6.45. The Morgan fingerprint density at radius 1 is 1.54 bits per heavy atom. The van der Waals surface area contributed by atoms with E-state index in [1.165, 1.54) is 7.05 Å². The number of hydrogen-bond acceptors (Lipinski definition) is 3. The summed E-state index contributed by atoms with van der Waals surface area (Å²) in [4.78, 5) is 10.9. The summed E-state index contributed by atoms with van der Waals surface area (Å²) in [6, 6.07) is 0. The van der Waals surface area contributed by atoms with E-state index in [1.807, 2.05) is 0 Å². The van der Waals surface area contributed by atoms with E-state index in [4.69, 9.17) is 0 Å². The molecule has 0 aromatic rings. The number of amides is 1. The second-order valence-electron chi connectivity index (χ2n) is 2.32. The van der Waals surface area contributed by atoms with Crippen LogP contribution in [0.25, 0.3) is 0 Å². The summed E-state index contributed by atoms with van der Waals surface area (Å²) in [7, 11) is -1.86. The number of hydrogen-bond donors (Lipinski definition) is 1. The Bertz CT molecular complexity index is 265. The van der Waals surface area contributed by atoms with Crippen molar-refractivity contribution in [1.29, 1.82) is 0 Å². The minimum absolute atomic E-state index is 0.124. The topological polar surface area (TPSA) is 66.5 Å². The maximum atomic E-state index is 11.3. The van der Waals surface area contributed by atoms with Crippen molar-refractivity contribution in [2.24, 2.45) is 0 Å². The maximum absolute atomic E-state index is 11.3. The molecule has 0 atom stereocenters. The number of alkyl halides is 1. The van der Waals surface area contributed by atoms with Crippen molar-refractivity contribution in [2.45, 2.75) is 6.92 Å². The number of sulfonamides is 1. The van der Waals surface area contributed by atoms with Gasteiger partial charge in [-0.25, -0.2) is 8.42 Å². The van der Waals surface area contributed by atoms with Crippen LogP contribution in [0.5, 0.6) is 0 Å². The Balaban J connectivity index is 4.44. The molecule has 0 aliphatic rings. The monoisotopic (exact) mass is 272 g/mol. The van der Waals surface area contributed by atoms with Crippen molar-refractivity contribution in [3.05, 3.63) is 0 Å². The molecule has 0 aliphatic carbocycles. The van der Waals surface area contributed by atoms with Crippen LogP contribution in [0.15, 0.2) is 0 Å². The van der Waals surface area contributed by atoms with Crippen LogP contribution in [-0.2, 0) is 14.8 Å². The second-order valence-corrected chi connectivity index (χ2v) is 5.59.